The molecule has 0 atom stereocenters. The summed E-state index contributed by atoms with van der Waals surface area (Å²) in [7, 11) is 0. The van der Waals surface area contributed by atoms with Crippen LogP contribution in [0.2, 0.25) is 5.02 Å². The summed E-state index contributed by atoms with van der Waals surface area (Å²) in [5.74, 6) is -0.737. The number of benzene rings is 1. The maximum absolute atomic E-state index is 12.4. The van der Waals surface area contributed by atoms with Gasteiger partial charge in [-0.1, -0.05) is 11.6 Å². The van der Waals surface area contributed by atoms with E-state index in [9.17, 15) is 14.7 Å². The van der Waals surface area contributed by atoms with Crippen LogP contribution in [-0.4, -0.2) is 40.1 Å². The van der Waals surface area contributed by atoms with Crippen LogP contribution in [0, 0.1) is 5.92 Å². The van der Waals surface area contributed by atoms with Crippen LogP contribution in [0.1, 0.15) is 36.0 Å². The van der Waals surface area contributed by atoms with Crippen LogP contribution in [0.5, 0.6) is 5.75 Å². The lowest BCUT2D eigenvalue weighted by Gasteiger charge is -2.32. The van der Waals surface area contributed by atoms with Gasteiger partial charge in [-0.25, -0.2) is 0 Å². The molecule has 1 aromatic rings. The predicted octanol–water partition coefficient (Wildman–Crippen LogP) is 2.76. The van der Waals surface area contributed by atoms with E-state index in [0.29, 0.717) is 30.5 Å². The average Bonchev–Trinajstić information content (AvgIpc) is 2.47. The van der Waals surface area contributed by atoms with E-state index in [1.165, 1.54) is 18.2 Å². The molecule has 0 aromatic heterocycles. The lowest BCUT2D eigenvalue weighted by molar-refractivity contribution is -0.137. The van der Waals surface area contributed by atoms with Crippen molar-refractivity contribution in [2.75, 3.05) is 13.1 Å². The molecule has 114 valence electrons. The number of phenolic OH excluding ortho intramolecular Hbond substituents is 1. The van der Waals surface area contributed by atoms with Crippen LogP contribution < -0.4 is 0 Å². The minimum atomic E-state index is -0.780. The first kappa shape index (κ1) is 15.6. The molecule has 0 spiro atoms. The summed E-state index contributed by atoms with van der Waals surface area (Å²) in [4.78, 5) is 24.6. The van der Waals surface area contributed by atoms with Crippen LogP contribution in [0.25, 0.3) is 0 Å². The van der Waals surface area contributed by atoms with Crippen LogP contribution in [0.4, 0.5) is 0 Å². The first-order valence-electron chi connectivity index (χ1n) is 6.97. The zero-order valence-corrected chi connectivity index (χ0v) is 12.3. The van der Waals surface area contributed by atoms with Gasteiger partial charge in [-0.3, -0.25) is 9.59 Å². The van der Waals surface area contributed by atoms with Gasteiger partial charge in [0.1, 0.15) is 5.75 Å². The van der Waals surface area contributed by atoms with Crippen molar-refractivity contribution in [1.82, 2.24) is 4.90 Å². The van der Waals surface area contributed by atoms with Crippen molar-refractivity contribution < 1.29 is 19.8 Å². The summed E-state index contributed by atoms with van der Waals surface area (Å²) in [5, 5.41) is 18.9. The second-order valence-electron chi connectivity index (χ2n) is 5.33. The fourth-order valence-electron chi connectivity index (χ4n) is 2.60. The summed E-state index contributed by atoms with van der Waals surface area (Å²) < 4.78 is 0. The van der Waals surface area contributed by atoms with Crippen molar-refractivity contribution in [1.29, 1.82) is 0 Å². The molecule has 6 heteroatoms. The number of carboxylic acids is 1. The molecule has 1 heterocycles. The molecule has 5 nitrogen and oxygen atoms in total. The molecule has 1 amide bonds. The Kier molecular flexibility index (Phi) is 5.07. The lowest BCUT2D eigenvalue weighted by Crippen LogP contribution is -2.38. The second kappa shape index (κ2) is 6.80. The van der Waals surface area contributed by atoms with Crippen molar-refractivity contribution in [2.45, 2.75) is 25.7 Å². The Morgan fingerprint density at radius 3 is 2.57 bits per heavy atom. The Labute approximate surface area is 128 Å². The summed E-state index contributed by atoms with van der Waals surface area (Å²) in [6, 6.07) is 4.41. The molecule has 1 saturated heterocycles. The Bertz CT molecular complexity index is 538. The number of rotatable bonds is 4. The molecule has 2 N–H and O–H groups in total. The third-order valence-electron chi connectivity index (χ3n) is 3.86. The number of phenols is 1. The fourth-order valence-corrected chi connectivity index (χ4v) is 2.77. The molecule has 0 bridgehead atoms. The molecule has 1 aromatic carbocycles. The first-order chi connectivity index (χ1) is 9.97. The van der Waals surface area contributed by atoms with Crippen molar-refractivity contribution >= 4 is 23.5 Å². The third kappa shape index (κ3) is 4.11. The SMILES string of the molecule is O=C(O)CCC1CCN(C(=O)c2cc(Cl)ccc2O)CC1. The van der Waals surface area contributed by atoms with Gasteiger partial charge in [-0.15, -0.1) is 0 Å². The number of hydrogen-bond donors (Lipinski definition) is 2. The molecule has 0 radical (unpaired) electrons. The molecule has 21 heavy (non-hydrogen) atoms. The number of carbonyl (C=O) groups excluding carboxylic acids is 1. The number of hydrogen-bond acceptors (Lipinski definition) is 3. The summed E-state index contributed by atoms with van der Waals surface area (Å²) in [5.41, 5.74) is 0.214. The highest BCUT2D eigenvalue weighted by atomic mass is 35.5. The summed E-state index contributed by atoms with van der Waals surface area (Å²) >= 11 is 5.86. The molecular formula is C15H18ClNO4. The second-order valence-corrected chi connectivity index (χ2v) is 5.77. The molecule has 1 aliphatic heterocycles. The minimum Gasteiger partial charge on any atom is -0.507 e. The van der Waals surface area contributed by atoms with E-state index in [1.807, 2.05) is 0 Å². The highest BCUT2D eigenvalue weighted by Gasteiger charge is 2.25. The number of amides is 1. The van der Waals surface area contributed by atoms with Gasteiger partial charge in [-0.2, -0.15) is 0 Å². The molecule has 1 fully saturated rings. The number of halogens is 1. The Hall–Kier alpha value is -1.75. The molecule has 0 unspecified atom stereocenters. The van der Waals surface area contributed by atoms with E-state index in [0.717, 1.165) is 12.8 Å². The van der Waals surface area contributed by atoms with E-state index in [1.54, 1.807) is 4.90 Å². The number of likely N-dealkylation sites (tertiary alicyclic amines) is 1. The average molecular weight is 312 g/mol. The summed E-state index contributed by atoms with van der Waals surface area (Å²) in [6.45, 7) is 1.16. The highest BCUT2D eigenvalue weighted by molar-refractivity contribution is 6.31. The number of aliphatic carboxylic acids is 1. The molecule has 2 rings (SSSR count). The maximum Gasteiger partial charge on any atom is 0.303 e. The Balaban J connectivity index is 1.94. The van der Waals surface area contributed by atoms with Gasteiger partial charge in [-0.05, 0) is 43.4 Å². The van der Waals surface area contributed by atoms with E-state index in [4.69, 9.17) is 16.7 Å². The number of carbonyl (C=O) groups is 2. The number of piperidine rings is 1. The fraction of sp³-hybridized carbons (Fsp3) is 0.467. The van der Waals surface area contributed by atoms with Gasteiger partial charge in [0.15, 0.2) is 0 Å². The molecule has 0 saturated carbocycles. The smallest absolute Gasteiger partial charge is 0.303 e. The van der Waals surface area contributed by atoms with Gasteiger partial charge in [0, 0.05) is 24.5 Å². The van der Waals surface area contributed by atoms with Gasteiger partial charge in [0.25, 0.3) is 5.91 Å². The van der Waals surface area contributed by atoms with Crippen molar-refractivity contribution in [2.24, 2.45) is 5.92 Å². The molecular weight excluding hydrogens is 294 g/mol. The molecule has 0 aliphatic carbocycles. The Morgan fingerprint density at radius 1 is 1.29 bits per heavy atom. The van der Waals surface area contributed by atoms with Gasteiger partial charge in [0.05, 0.1) is 5.56 Å². The number of nitrogens with zero attached hydrogens (tertiary/aromatic N) is 1. The van der Waals surface area contributed by atoms with Gasteiger partial charge in [0.2, 0.25) is 0 Å². The zero-order chi connectivity index (χ0) is 15.4. The van der Waals surface area contributed by atoms with Gasteiger partial charge >= 0.3 is 5.97 Å². The monoisotopic (exact) mass is 311 g/mol. The van der Waals surface area contributed by atoms with Crippen molar-refractivity contribution in [3.05, 3.63) is 28.8 Å². The summed E-state index contributed by atoms with van der Waals surface area (Å²) in [6.07, 6.45) is 2.41. The largest absolute Gasteiger partial charge is 0.507 e. The van der Waals surface area contributed by atoms with E-state index in [-0.39, 0.29) is 23.6 Å². The standard InChI is InChI=1S/C15H18ClNO4/c16-11-2-3-13(18)12(9-11)15(21)17-7-5-10(6-8-17)1-4-14(19)20/h2-3,9-10,18H,1,4-8H2,(H,19,20). The van der Waals surface area contributed by atoms with Crippen LogP contribution in [0.15, 0.2) is 18.2 Å². The van der Waals surface area contributed by atoms with Crippen molar-refractivity contribution in [3.8, 4) is 5.75 Å². The van der Waals surface area contributed by atoms with Crippen LogP contribution in [0.3, 0.4) is 0 Å². The van der Waals surface area contributed by atoms with Crippen molar-refractivity contribution in [3.63, 3.8) is 0 Å². The first-order valence-corrected chi connectivity index (χ1v) is 7.34. The van der Waals surface area contributed by atoms with Gasteiger partial charge < -0.3 is 15.1 Å². The minimum absolute atomic E-state index is 0.0719. The third-order valence-corrected chi connectivity index (χ3v) is 4.09. The van der Waals surface area contributed by atoms with Crippen LogP contribution >= 0.6 is 11.6 Å². The zero-order valence-electron chi connectivity index (χ0n) is 11.6. The van der Waals surface area contributed by atoms with E-state index >= 15 is 0 Å². The number of carboxylic acid groups (broad SMARTS) is 1. The quantitative estimate of drug-likeness (QED) is 0.896. The topological polar surface area (TPSA) is 77.8 Å². The van der Waals surface area contributed by atoms with E-state index in [2.05, 4.69) is 0 Å². The maximum atomic E-state index is 12.4. The van der Waals surface area contributed by atoms with Crippen LogP contribution in [-0.2, 0) is 4.79 Å². The Morgan fingerprint density at radius 2 is 1.95 bits per heavy atom. The number of aromatic hydroxyl groups is 1. The predicted molar refractivity (Wildman–Crippen MR) is 78.6 cm³/mol. The normalized spacial score (nSPS) is 16.0. The highest BCUT2D eigenvalue weighted by Crippen LogP contribution is 2.27. The lowest BCUT2D eigenvalue weighted by atomic mass is 9.92. The van der Waals surface area contributed by atoms with E-state index < -0.39 is 5.97 Å². The molecule has 1 aliphatic rings.